The molecule has 5 nitrogen and oxygen atoms in total. The van der Waals surface area contributed by atoms with Crippen molar-refractivity contribution < 1.29 is 14.3 Å². The lowest BCUT2D eigenvalue weighted by Gasteiger charge is -2.34. The molecule has 23 heavy (non-hydrogen) atoms. The highest BCUT2D eigenvalue weighted by Gasteiger charge is 2.27. The fourth-order valence-electron chi connectivity index (χ4n) is 2.90. The minimum atomic E-state index is -0.661. The van der Waals surface area contributed by atoms with Gasteiger partial charge in [-0.1, -0.05) is 13.8 Å². The molecule has 0 spiro atoms. The van der Waals surface area contributed by atoms with Gasteiger partial charge in [-0.15, -0.1) is 0 Å². The molecule has 1 aliphatic heterocycles. The van der Waals surface area contributed by atoms with Crippen LogP contribution in [-0.4, -0.2) is 47.2 Å². The third kappa shape index (κ3) is 5.66. The summed E-state index contributed by atoms with van der Waals surface area (Å²) in [4.78, 5) is 14.0. The number of carbonyl (C=O) groups is 1. The van der Waals surface area contributed by atoms with Crippen molar-refractivity contribution in [1.82, 2.24) is 10.2 Å². The van der Waals surface area contributed by atoms with E-state index in [1.54, 1.807) is 12.1 Å². The Bertz CT molecular complexity index is 474. The summed E-state index contributed by atoms with van der Waals surface area (Å²) in [6.45, 7) is 8.32. The van der Waals surface area contributed by atoms with Crippen molar-refractivity contribution in [1.29, 1.82) is 0 Å². The molecule has 0 saturated carbocycles. The minimum Gasteiger partial charge on any atom is -0.459 e. The third-order valence-corrected chi connectivity index (χ3v) is 4.55. The summed E-state index contributed by atoms with van der Waals surface area (Å²) in [6, 6.07) is 3.81. The van der Waals surface area contributed by atoms with Crippen LogP contribution in [0.1, 0.15) is 57.0 Å². The molecule has 1 fully saturated rings. The summed E-state index contributed by atoms with van der Waals surface area (Å²) in [5.74, 6) is 0.989. The van der Waals surface area contributed by atoms with Crippen LogP contribution in [-0.2, 0) is 0 Å². The Morgan fingerprint density at radius 3 is 2.74 bits per heavy atom. The van der Waals surface area contributed by atoms with Crippen molar-refractivity contribution in [2.45, 2.75) is 58.1 Å². The molecule has 2 N–H and O–H groups in total. The van der Waals surface area contributed by atoms with E-state index in [0.717, 1.165) is 38.8 Å². The highest BCUT2D eigenvalue weighted by Crippen LogP contribution is 2.18. The summed E-state index contributed by atoms with van der Waals surface area (Å²) in [5, 5.41) is 13.9. The van der Waals surface area contributed by atoms with Gasteiger partial charge in [0.2, 0.25) is 0 Å². The number of likely N-dealkylation sites (tertiary alicyclic amines) is 1. The summed E-state index contributed by atoms with van der Waals surface area (Å²) >= 11 is 0. The maximum Gasteiger partial charge on any atom is 0.289 e. The molecule has 130 valence electrons. The van der Waals surface area contributed by atoms with Crippen molar-refractivity contribution in [3.8, 4) is 0 Å². The van der Waals surface area contributed by atoms with Gasteiger partial charge in [0.05, 0.1) is 11.9 Å². The monoisotopic (exact) mass is 322 g/mol. The summed E-state index contributed by atoms with van der Waals surface area (Å²) < 4.78 is 5.17. The molecule has 0 radical (unpaired) electrons. The van der Waals surface area contributed by atoms with Gasteiger partial charge in [0.1, 0.15) is 0 Å². The highest BCUT2D eigenvalue weighted by atomic mass is 16.3. The van der Waals surface area contributed by atoms with Gasteiger partial charge >= 0.3 is 0 Å². The fraction of sp³-hybridized carbons (Fsp3) is 0.722. The first-order valence-corrected chi connectivity index (χ1v) is 8.66. The van der Waals surface area contributed by atoms with E-state index in [1.165, 1.54) is 6.26 Å². The number of aliphatic hydroxyl groups is 1. The first-order chi connectivity index (χ1) is 10.9. The predicted molar refractivity (Wildman–Crippen MR) is 90.3 cm³/mol. The lowest BCUT2D eigenvalue weighted by molar-refractivity contribution is 0.0384. The number of rotatable bonds is 7. The van der Waals surface area contributed by atoms with Crippen LogP contribution >= 0.6 is 0 Å². The van der Waals surface area contributed by atoms with Crippen LogP contribution in [0.2, 0.25) is 0 Å². The van der Waals surface area contributed by atoms with Crippen LogP contribution in [0, 0.1) is 5.92 Å². The van der Waals surface area contributed by atoms with Crippen molar-refractivity contribution in [2.75, 3.05) is 19.6 Å². The van der Waals surface area contributed by atoms with Gasteiger partial charge in [0, 0.05) is 25.7 Å². The predicted octanol–water partition coefficient (Wildman–Crippen LogP) is 2.66. The van der Waals surface area contributed by atoms with Crippen LogP contribution in [0.25, 0.3) is 0 Å². The van der Waals surface area contributed by atoms with E-state index in [2.05, 4.69) is 19.2 Å². The third-order valence-electron chi connectivity index (χ3n) is 4.55. The molecular formula is C18H30N2O3. The van der Waals surface area contributed by atoms with E-state index >= 15 is 0 Å². The van der Waals surface area contributed by atoms with Crippen LogP contribution in [0.4, 0.5) is 0 Å². The minimum absolute atomic E-state index is 0.0302. The second-order valence-electron chi connectivity index (χ2n) is 7.35. The molecule has 0 bridgehead atoms. The summed E-state index contributed by atoms with van der Waals surface area (Å²) in [7, 11) is 0. The van der Waals surface area contributed by atoms with E-state index in [9.17, 15) is 9.90 Å². The average Bonchev–Trinajstić information content (AvgIpc) is 3.05. The fourth-order valence-corrected chi connectivity index (χ4v) is 2.90. The zero-order chi connectivity index (χ0) is 16.9. The number of hydrogen-bond acceptors (Lipinski definition) is 4. The average molecular weight is 322 g/mol. The molecule has 1 atom stereocenters. The molecule has 0 aliphatic carbocycles. The van der Waals surface area contributed by atoms with Gasteiger partial charge < -0.3 is 19.7 Å². The second kappa shape index (κ2) is 7.97. The van der Waals surface area contributed by atoms with Gasteiger partial charge in [0.15, 0.2) is 5.76 Å². The Morgan fingerprint density at radius 2 is 2.17 bits per heavy atom. The van der Waals surface area contributed by atoms with Gasteiger partial charge in [-0.2, -0.15) is 0 Å². The van der Waals surface area contributed by atoms with Gasteiger partial charge in [-0.3, -0.25) is 4.79 Å². The number of amides is 1. The number of carbonyl (C=O) groups excluding carboxylic acids is 1. The second-order valence-corrected chi connectivity index (χ2v) is 7.35. The Balaban J connectivity index is 1.71. The standard InChI is InChI=1S/C18H30N2O3/c1-14(2)6-9-18(3,22)13-19-15-7-10-20(11-8-15)17(21)16-5-4-12-23-16/h4-5,12,14-15,19,22H,6-11,13H2,1-3H3. The number of furan rings is 1. The lowest BCUT2D eigenvalue weighted by Crippen LogP contribution is -2.48. The van der Waals surface area contributed by atoms with Crippen molar-refractivity contribution in [2.24, 2.45) is 5.92 Å². The SMILES string of the molecule is CC(C)CCC(C)(O)CNC1CCN(C(=O)c2ccco2)CC1. The smallest absolute Gasteiger partial charge is 0.289 e. The van der Waals surface area contributed by atoms with Crippen LogP contribution < -0.4 is 5.32 Å². The van der Waals surface area contributed by atoms with Crippen molar-refractivity contribution >= 4 is 5.91 Å². The quantitative estimate of drug-likeness (QED) is 0.810. The molecule has 1 saturated heterocycles. The molecular weight excluding hydrogens is 292 g/mol. The summed E-state index contributed by atoms with van der Waals surface area (Å²) in [5.41, 5.74) is -0.661. The Hall–Kier alpha value is -1.33. The zero-order valence-electron chi connectivity index (χ0n) is 14.5. The molecule has 1 aromatic heterocycles. The maximum absolute atomic E-state index is 12.2. The van der Waals surface area contributed by atoms with E-state index in [0.29, 0.717) is 24.3 Å². The molecule has 1 amide bonds. The Labute approximate surface area is 139 Å². The Morgan fingerprint density at radius 1 is 1.48 bits per heavy atom. The normalized spacial score (nSPS) is 19.1. The van der Waals surface area contributed by atoms with Gasteiger partial charge in [0.25, 0.3) is 5.91 Å². The molecule has 5 heteroatoms. The van der Waals surface area contributed by atoms with E-state index in [-0.39, 0.29) is 5.91 Å². The molecule has 0 aromatic carbocycles. The largest absolute Gasteiger partial charge is 0.459 e. The number of piperidine rings is 1. The zero-order valence-corrected chi connectivity index (χ0v) is 14.5. The number of nitrogens with one attached hydrogen (secondary N) is 1. The topological polar surface area (TPSA) is 65.7 Å². The van der Waals surface area contributed by atoms with Crippen molar-refractivity contribution in [3.63, 3.8) is 0 Å². The van der Waals surface area contributed by atoms with Gasteiger partial charge in [-0.25, -0.2) is 0 Å². The molecule has 2 heterocycles. The molecule has 1 unspecified atom stereocenters. The van der Waals surface area contributed by atoms with Gasteiger partial charge in [-0.05, 0) is 50.7 Å². The maximum atomic E-state index is 12.2. The van der Waals surface area contributed by atoms with Crippen LogP contribution in [0.5, 0.6) is 0 Å². The lowest BCUT2D eigenvalue weighted by atomic mass is 9.94. The van der Waals surface area contributed by atoms with Crippen LogP contribution in [0.3, 0.4) is 0 Å². The summed E-state index contributed by atoms with van der Waals surface area (Å²) in [6.07, 6.45) is 5.19. The first-order valence-electron chi connectivity index (χ1n) is 8.66. The molecule has 1 aromatic rings. The highest BCUT2D eigenvalue weighted by molar-refractivity contribution is 5.91. The van der Waals surface area contributed by atoms with E-state index < -0.39 is 5.60 Å². The first kappa shape index (κ1) is 18.0. The van der Waals surface area contributed by atoms with Crippen LogP contribution in [0.15, 0.2) is 22.8 Å². The van der Waals surface area contributed by atoms with Crippen molar-refractivity contribution in [3.05, 3.63) is 24.2 Å². The van der Waals surface area contributed by atoms with E-state index in [4.69, 9.17) is 4.42 Å². The van der Waals surface area contributed by atoms with E-state index in [1.807, 2.05) is 11.8 Å². The number of hydrogen-bond donors (Lipinski definition) is 2. The molecule has 1 aliphatic rings. The Kier molecular flexibility index (Phi) is 6.25. The molecule has 2 rings (SSSR count). The number of nitrogens with zero attached hydrogens (tertiary/aromatic N) is 1.